The minimum Gasteiger partial charge on any atom is -0.425 e. The van der Waals surface area contributed by atoms with Gasteiger partial charge in [-0.2, -0.15) is 4.73 Å². The molecule has 4 rings (SSSR count). The molecule has 6 heteroatoms. The number of fused-ring (bicyclic) bond motifs is 2. The average Bonchev–Trinajstić information content (AvgIpc) is 2.95. The fourth-order valence-corrected chi connectivity index (χ4v) is 2.68. The second-order valence-electron chi connectivity index (χ2n) is 5.12. The predicted octanol–water partition coefficient (Wildman–Crippen LogP) is 2.15. The Morgan fingerprint density at radius 3 is 2.73 bits per heavy atom. The molecule has 0 saturated heterocycles. The van der Waals surface area contributed by atoms with E-state index in [1.165, 1.54) is 17.1 Å². The van der Waals surface area contributed by atoms with E-state index in [1.54, 1.807) is 6.33 Å². The van der Waals surface area contributed by atoms with E-state index in [0.29, 0.717) is 22.4 Å². The molecular weight excluding hydrogens is 278 g/mol. The smallest absolute Gasteiger partial charge is 0.192 e. The van der Waals surface area contributed by atoms with Gasteiger partial charge < -0.3 is 9.77 Å². The molecule has 4 aromatic rings. The number of hydrogen-bond acceptors (Lipinski definition) is 4. The highest BCUT2D eigenvalue weighted by Crippen LogP contribution is 2.20. The molecule has 0 unspecified atom stereocenters. The van der Waals surface area contributed by atoms with Gasteiger partial charge in [-0.05, 0) is 16.3 Å². The van der Waals surface area contributed by atoms with Crippen LogP contribution >= 0.6 is 0 Å². The number of hydrogen-bond donors (Lipinski definition) is 2. The van der Waals surface area contributed by atoms with E-state index in [9.17, 15) is 5.21 Å². The molecule has 0 aliphatic rings. The van der Waals surface area contributed by atoms with Gasteiger partial charge in [-0.1, -0.05) is 42.5 Å². The zero-order valence-corrected chi connectivity index (χ0v) is 11.6. The molecule has 0 bridgehead atoms. The van der Waals surface area contributed by atoms with Crippen LogP contribution in [0.15, 0.2) is 55.1 Å². The van der Waals surface area contributed by atoms with Crippen molar-refractivity contribution in [2.75, 3.05) is 0 Å². The highest BCUT2D eigenvalue weighted by molar-refractivity contribution is 5.85. The second kappa shape index (κ2) is 4.70. The molecule has 2 heterocycles. The molecule has 22 heavy (non-hydrogen) atoms. The van der Waals surface area contributed by atoms with Crippen LogP contribution in [0.2, 0.25) is 0 Å². The van der Waals surface area contributed by atoms with Crippen molar-refractivity contribution in [3.8, 4) is 0 Å². The Balaban J connectivity index is 1.87. The molecule has 0 saturated carbocycles. The van der Waals surface area contributed by atoms with Crippen molar-refractivity contribution in [3.63, 3.8) is 0 Å². The Hall–Kier alpha value is -3.15. The largest absolute Gasteiger partial charge is 0.425 e. The number of benzene rings is 2. The van der Waals surface area contributed by atoms with Crippen LogP contribution in [0.1, 0.15) is 5.56 Å². The minimum atomic E-state index is -0.0679. The summed E-state index contributed by atoms with van der Waals surface area (Å²) < 4.78 is 2.55. The number of rotatable bonds is 2. The van der Waals surface area contributed by atoms with Gasteiger partial charge in [0.2, 0.25) is 0 Å². The first-order valence-electron chi connectivity index (χ1n) is 6.87. The van der Waals surface area contributed by atoms with E-state index in [1.807, 2.05) is 22.8 Å². The molecule has 0 amide bonds. The minimum absolute atomic E-state index is 0.0679. The zero-order valence-electron chi connectivity index (χ0n) is 11.6. The standard InChI is InChI=1S/C16H13N5O/c17-15-14-16(19-10-21(15)22)20(9-18-14)8-12-6-3-5-11-4-1-2-7-13(11)12/h1-7,9-10,17,22H,8H2. The highest BCUT2D eigenvalue weighted by Gasteiger charge is 2.09. The molecular formula is C16H13N5O. The molecule has 2 aromatic carbocycles. The molecule has 108 valence electrons. The quantitative estimate of drug-likeness (QED) is 0.555. The van der Waals surface area contributed by atoms with E-state index < -0.39 is 0 Å². The molecule has 0 aliphatic heterocycles. The molecule has 0 atom stereocenters. The molecule has 6 nitrogen and oxygen atoms in total. The van der Waals surface area contributed by atoms with Gasteiger partial charge in [0.1, 0.15) is 6.33 Å². The van der Waals surface area contributed by atoms with Gasteiger partial charge in [0.05, 0.1) is 12.9 Å². The van der Waals surface area contributed by atoms with Crippen LogP contribution in [0.3, 0.4) is 0 Å². The van der Waals surface area contributed by atoms with Crippen molar-refractivity contribution in [1.82, 2.24) is 19.3 Å². The van der Waals surface area contributed by atoms with Crippen molar-refractivity contribution in [3.05, 3.63) is 66.2 Å². The van der Waals surface area contributed by atoms with Crippen LogP contribution in [-0.2, 0) is 6.54 Å². The summed E-state index contributed by atoms with van der Waals surface area (Å²) in [5.41, 5.74) is 2.06. The topological polar surface area (TPSA) is 79.7 Å². The Kier molecular flexibility index (Phi) is 2.69. The first-order chi connectivity index (χ1) is 10.7. The van der Waals surface area contributed by atoms with Crippen molar-refractivity contribution in [2.45, 2.75) is 6.54 Å². The van der Waals surface area contributed by atoms with Crippen molar-refractivity contribution >= 4 is 21.9 Å². The van der Waals surface area contributed by atoms with Crippen LogP contribution < -0.4 is 5.49 Å². The SMILES string of the molecule is N=c1c2ncn(Cc3cccc4ccccc34)c2ncn1O. The molecule has 2 N–H and O–H groups in total. The Bertz CT molecular complexity index is 1040. The van der Waals surface area contributed by atoms with Crippen molar-refractivity contribution in [2.24, 2.45) is 0 Å². The predicted molar refractivity (Wildman–Crippen MR) is 81.6 cm³/mol. The normalized spacial score (nSPS) is 11.3. The molecule has 0 fully saturated rings. The van der Waals surface area contributed by atoms with Gasteiger partial charge >= 0.3 is 0 Å². The fraction of sp³-hybridized carbons (Fsp3) is 0.0625. The summed E-state index contributed by atoms with van der Waals surface area (Å²) in [4.78, 5) is 8.36. The fourth-order valence-electron chi connectivity index (χ4n) is 2.68. The molecule has 2 aromatic heterocycles. The summed E-state index contributed by atoms with van der Waals surface area (Å²) in [6.45, 7) is 0.611. The molecule has 0 aliphatic carbocycles. The average molecular weight is 291 g/mol. The summed E-state index contributed by atoms with van der Waals surface area (Å²) in [5.74, 6) is 0. The van der Waals surface area contributed by atoms with Crippen molar-refractivity contribution in [1.29, 1.82) is 5.41 Å². The third kappa shape index (κ3) is 1.85. The maximum Gasteiger partial charge on any atom is 0.192 e. The first-order valence-corrected chi connectivity index (χ1v) is 6.87. The maximum absolute atomic E-state index is 9.48. The Labute approximate surface area is 125 Å². The van der Waals surface area contributed by atoms with E-state index in [-0.39, 0.29) is 5.49 Å². The van der Waals surface area contributed by atoms with Crippen LogP contribution in [-0.4, -0.2) is 24.5 Å². The lowest BCUT2D eigenvalue weighted by atomic mass is 10.0. The number of nitrogens with zero attached hydrogens (tertiary/aromatic N) is 4. The van der Waals surface area contributed by atoms with Crippen molar-refractivity contribution < 1.29 is 5.21 Å². The van der Waals surface area contributed by atoms with E-state index in [4.69, 9.17) is 5.41 Å². The van der Waals surface area contributed by atoms with E-state index in [2.05, 4.69) is 34.2 Å². The third-order valence-corrected chi connectivity index (χ3v) is 3.77. The van der Waals surface area contributed by atoms with Crippen LogP contribution in [0.25, 0.3) is 21.9 Å². The van der Waals surface area contributed by atoms with Crippen LogP contribution in [0.4, 0.5) is 0 Å². The monoisotopic (exact) mass is 291 g/mol. The van der Waals surface area contributed by atoms with Crippen LogP contribution in [0, 0.1) is 5.41 Å². The molecule has 0 spiro atoms. The lowest BCUT2D eigenvalue weighted by molar-refractivity contribution is 0.168. The zero-order chi connectivity index (χ0) is 15.1. The number of imidazole rings is 1. The van der Waals surface area contributed by atoms with Gasteiger partial charge in [-0.25, -0.2) is 9.97 Å². The van der Waals surface area contributed by atoms with Gasteiger partial charge in [0.25, 0.3) is 0 Å². The summed E-state index contributed by atoms with van der Waals surface area (Å²) in [6.07, 6.45) is 2.86. The van der Waals surface area contributed by atoms with E-state index >= 15 is 0 Å². The first kappa shape index (κ1) is 12.6. The van der Waals surface area contributed by atoms with Gasteiger partial charge in [-0.3, -0.25) is 5.41 Å². The summed E-state index contributed by atoms with van der Waals surface area (Å²) in [5, 5.41) is 19.7. The molecule has 0 radical (unpaired) electrons. The lowest BCUT2D eigenvalue weighted by Gasteiger charge is -2.08. The van der Waals surface area contributed by atoms with Gasteiger partial charge in [-0.15, -0.1) is 0 Å². The summed E-state index contributed by atoms with van der Waals surface area (Å²) >= 11 is 0. The highest BCUT2D eigenvalue weighted by atomic mass is 16.5. The maximum atomic E-state index is 9.48. The summed E-state index contributed by atoms with van der Waals surface area (Å²) in [6, 6.07) is 14.4. The van der Waals surface area contributed by atoms with Gasteiger partial charge in [0.15, 0.2) is 16.7 Å². The second-order valence-corrected chi connectivity index (χ2v) is 5.12. The number of aromatic nitrogens is 4. The van der Waals surface area contributed by atoms with Crippen LogP contribution in [0.5, 0.6) is 0 Å². The van der Waals surface area contributed by atoms with Gasteiger partial charge in [0, 0.05) is 0 Å². The van der Waals surface area contributed by atoms with E-state index in [0.717, 1.165) is 5.56 Å². The lowest BCUT2D eigenvalue weighted by Crippen LogP contribution is -2.18. The Morgan fingerprint density at radius 1 is 1.00 bits per heavy atom. The Morgan fingerprint density at radius 2 is 1.82 bits per heavy atom. The summed E-state index contributed by atoms with van der Waals surface area (Å²) in [7, 11) is 0. The third-order valence-electron chi connectivity index (χ3n) is 3.77. The number of nitrogens with one attached hydrogen (secondary N) is 1.